The first-order valence-corrected chi connectivity index (χ1v) is 5.80. The standard InChI is InChI=1S/C13H14ClN3O/c1-3-6-17-8-16-12(13(17)15)9-4-5-11(18-2)10(14)7-9/h3-5,7-8H,1,6,15H2,2H3. The minimum atomic E-state index is 0.535. The number of allylic oxidation sites excluding steroid dienone is 1. The SMILES string of the molecule is C=CCn1cnc(-c2ccc(OC)c(Cl)c2)c1N. The van der Waals surface area contributed by atoms with Crippen molar-refractivity contribution in [2.75, 3.05) is 12.8 Å². The summed E-state index contributed by atoms with van der Waals surface area (Å²) < 4.78 is 6.93. The van der Waals surface area contributed by atoms with Crippen LogP contribution in [0.2, 0.25) is 5.02 Å². The van der Waals surface area contributed by atoms with Gasteiger partial charge in [0.25, 0.3) is 0 Å². The van der Waals surface area contributed by atoms with Gasteiger partial charge in [-0.25, -0.2) is 4.98 Å². The molecule has 0 aliphatic heterocycles. The van der Waals surface area contributed by atoms with Gasteiger partial charge in [0, 0.05) is 12.1 Å². The molecule has 1 heterocycles. The third-order valence-corrected chi connectivity index (χ3v) is 2.92. The van der Waals surface area contributed by atoms with Crippen LogP contribution in [0.15, 0.2) is 37.2 Å². The van der Waals surface area contributed by atoms with Crippen molar-refractivity contribution in [3.63, 3.8) is 0 Å². The minimum absolute atomic E-state index is 0.535. The predicted octanol–water partition coefficient (Wildman–Crippen LogP) is 2.98. The van der Waals surface area contributed by atoms with Crippen LogP contribution in [0.4, 0.5) is 5.82 Å². The summed E-state index contributed by atoms with van der Waals surface area (Å²) in [6.07, 6.45) is 3.45. The topological polar surface area (TPSA) is 53.1 Å². The molecular weight excluding hydrogens is 250 g/mol. The van der Waals surface area contributed by atoms with E-state index in [1.54, 1.807) is 31.6 Å². The zero-order chi connectivity index (χ0) is 13.1. The van der Waals surface area contributed by atoms with Crippen LogP contribution in [-0.4, -0.2) is 16.7 Å². The number of ether oxygens (including phenoxy) is 1. The summed E-state index contributed by atoms with van der Waals surface area (Å²) in [5, 5.41) is 0.535. The molecule has 0 aliphatic carbocycles. The van der Waals surface area contributed by atoms with Crippen molar-refractivity contribution < 1.29 is 4.74 Å². The molecule has 4 nitrogen and oxygen atoms in total. The molecule has 2 rings (SSSR count). The van der Waals surface area contributed by atoms with Gasteiger partial charge in [-0.1, -0.05) is 17.7 Å². The first-order valence-electron chi connectivity index (χ1n) is 5.42. The molecule has 0 amide bonds. The van der Waals surface area contributed by atoms with Crippen molar-refractivity contribution in [3.8, 4) is 17.0 Å². The molecule has 0 atom stereocenters. The number of hydrogen-bond acceptors (Lipinski definition) is 3. The number of benzene rings is 1. The van der Waals surface area contributed by atoms with E-state index in [0.717, 1.165) is 5.56 Å². The molecule has 0 aliphatic rings. The van der Waals surface area contributed by atoms with Gasteiger partial charge >= 0.3 is 0 Å². The Morgan fingerprint density at radius 3 is 2.94 bits per heavy atom. The monoisotopic (exact) mass is 263 g/mol. The van der Waals surface area contributed by atoms with Gasteiger partial charge in [-0.2, -0.15) is 0 Å². The summed E-state index contributed by atoms with van der Waals surface area (Å²) in [6.45, 7) is 4.30. The average molecular weight is 264 g/mol. The normalized spacial score (nSPS) is 10.3. The maximum atomic E-state index is 6.08. The lowest BCUT2D eigenvalue weighted by molar-refractivity contribution is 0.415. The highest BCUT2D eigenvalue weighted by Gasteiger charge is 2.11. The second-order valence-corrected chi connectivity index (χ2v) is 4.18. The van der Waals surface area contributed by atoms with Crippen LogP contribution < -0.4 is 10.5 Å². The lowest BCUT2D eigenvalue weighted by Gasteiger charge is -2.06. The summed E-state index contributed by atoms with van der Waals surface area (Å²) >= 11 is 6.08. The van der Waals surface area contributed by atoms with Crippen molar-refractivity contribution in [2.45, 2.75) is 6.54 Å². The van der Waals surface area contributed by atoms with E-state index < -0.39 is 0 Å². The smallest absolute Gasteiger partial charge is 0.137 e. The molecule has 5 heteroatoms. The molecule has 0 radical (unpaired) electrons. The summed E-state index contributed by atoms with van der Waals surface area (Å²) in [5.74, 6) is 1.22. The molecule has 0 saturated heterocycles. The van der Waals surface area contributed by atoms with E-state index in [1.807, 2.05) is 10.6 Å². The van der Waals surface area contributed by atoms with Crippen LogP contribution in [0.25, 0.3) is 11.3 Å². The van der Waals surface area contributed by atoms with Crippen LogP contribution in [0.3, 0.4) is 0 Å². The maximum absolute atomic E-state index is 6.08. The minimum Gasteiger partial charge on any atom is -0.495 e. The van der Waals surface area contributed by atoms with Gasteiger partial charge in [0.1, 0.15) is 17.3 Å². The number of nitrogen functional groups attached to an aromatic ring is 1. The zero-order valence-corrected chi connectivity index (χ0v) is 10.8. The Bertz CT molecular complexity index is 578. The zero-order valence-electron chi connectivity index (χ0n) is 10.1. The van der Waals surface area contributed by atoms with Gasteiger partial charge < -0.3 is 15.0 Å². The van der Waals surface area contributed by atoms with Crippen molar-refractivity contribution in [3.05, 3.63) is 42.2 Å². The fraction of sp³-hybridized carbons (Fsp3) is 0.154. The number of imidazole rings is 1. The predicted molar refractivity (Wildman–Crippen MR) is 73.8 cm³/mol. The Kier molecular flexibility index (Phi) is 3.58. The van der Waals surface area contributed by atoms with E-state index >= 15 is 0 Å². The Hall–Kier alpha value is -1.94. The fourth-order valence-corrected chi connectivity index (χ4v) is 1.97. The van der Waals surface area contributed by atoms with Gasteiger partial charge in [0.05, 0.1) is 18.5 Å². The van der Waals surface area contributed by atoms with E-state index in [9.17, 15) is 0 Å². The van der Waals surface area contributed by atoms with E-state index in [-0.39, 0.29) is 0 Å². The van der Waals surface area contributed by atoms with E-state index in [1.165, 1.54) is 0 Å². The number of halogens is 1. The summed E-state index contributed by atoms with van der Waals surface area (Å²) in [4.78, 5) is 4.29. The number of anilines is 1. The fourth-order valence-electron chi connectivity index (χ4n) is 1.71. The molecular formula is C13H14ClN3O. The Balaban J connectivity index is 2.42. The van der Waals surface area contributed by atoms with Gasteiger partial charge in [-0.05, 0) is 18.2 Å². The van der Waals surface area contributed by atoms with Gasteiger partial charge in [-0.15, -0.1) is 6.58 Å². The Morgan fingerprint density at radius 2 is 2.33 bits per heavy atom. The van der Waals surface area contributed by atoms with Crippen LogP contribution in [0.1, 0.15) is 0 Å². The molecule has 0 bridgehead atoms. The summed E-state index contributed by atoms with van der Waals surface area (Å²) in [6, 6.07) is 5.46. The number of rotatable bonds is 4. The number of methoxy groups -OCH3 is 1. The highest BCUT2D eigenvalue weighted by Crippen LogP contribution is 2.31. The lowest BCUT2D eigenvalue weighted by Crippen LogP contribution is -2.00. The average Bonchev–Trinajstić information content (AvgIpc) is 2.72. The molecule has 0 spiro atoms. The van der Waals surface area contributed by atoms with E-state index in [2.05, 4.69) is 11.6 Å². The van der Waals surface area contributed by atoms with Crippen LogP contribution in [0.5, 0.6) is 5.75 Å². The molecule has 1 aromatic carbocycles. The van der Waals surface area contributed by atoms with E-state index in [4.69, 9.17) is 22.1 Å². The molecule has 2 N–H and O–H groups in total. The number of nitrogens with zero attached hydrogens (tertiary/aromatic N) is 2. The molecule has 0 fully saturated rings. The van der Waals surface area contributed by atoms with Crippen LogP contribution in [0, 0.1) is 0 Å². The largest absolute Gasteiger partial charge is 0.495 e. The third kappa shape index (κ3) is 2.19. The van der Waals surface area contributed by atoms with Crippen molar-refractivity contribution in [1.29, 1.82) is 0 Å². The Morgan fingerprint density at radius 1 is 1.56 bits per heavy atom. The molecule has 18 heavy (non-hydrogen) atoms. The molecule has 2 aromatic rings. The molecule has 94 valence electrons. The number of hydrogen-bond donors (Lipinski definition) is 1. The highest BCUT2D eigenvalue weighted by atomic mass is 35.5. The van der Waals surface area contributed by atoms with Crippen LogP contribution >= 0.6 is 11.6 Å². The molecule has 1 aromatic heterocycles. The maximum Gasteiger partial charge on any atom is 0.137 e. The van der Waals surface area contributed by atoms with E-state index in [0.29, 0.717) is 28.8 Å². The first-order chi connectivity index (χ1) is 8.67. The van der Waals surface area contributed by atoms with Crippen molar-refractivity contribution in [2.24, 2.45) is 0 Å². The summed E-state index contributed by atoms with van der Waals surface area (Å²) in [5.41, 5.74) is 7.59. The van der Waals surface area contributed by atoms with Crippen LogP contribution in [-0.2, 0) is 6.54 Å². The number of aromatic nitrogens is 2. The Labute approximate surface area is 111 Å². The van der Waals surface area contributed by atoms with Gasteiger partial charge in [0.15, 0.2) is 0 Å². The number of nitrogens with two attached hydrogens (primary N) is 1. The van der Waals surface area contributed by atoms with Gasteiger partial charge in [-0.3, -0.25) is 0 Å². The first kappa shape index (κ1) is 12.5. The highest BCUT2D eigenvalue weighted by molar-refractivity contribution is 6.32. The van der Waals surface area contributed by atoms with Crippen molar-refractivity contribution >= 4 is 17.4 Å². The lowest BCUT2D eigenvalue weighted by atomic mass is 10.1. The second-order valence-electron chi connectivity index (χ2n) is 3.77. The molecule has 0 saturated carbocycles. The third-order valence-electron chi connectivity index (χ3n) is 2.63. The quantitative estimate of drug-likeness (QED) is 0.863. The van der Waals surface area contributed by atoms with Gasteiger partial charge in [0.2, 0.25) is 0 Å². The second kappa shape index (κ2) is 5.14. The van der Waals surface area contributed by atoms with Crippen molar-refractivity contribution in [1.82, 2.24) is 9.55 Å². The summed E-state index contributed by atoms with van der Waals surface area (Å²) in [7, 11) is 1.58. The molecule has 0 unspecified atom stereocenters.